The van der Waals surface area contributed by atoms with E-state index in [1.807, 2.05) is 0 Å². The van der Waals surface area contributed by atoms with E-state index in [1.54, 1.807) is 12.1 Å². The first-order valence-corrected chi connectivity index (χ1v) is 9.08. The SMILES string of the molecule is Cc1c(CO)cc([N+](=O)[O-])c(NC2CCN(Cc3ccc(F)cc3)C2=O)c1[N+](=O)[O-]. The molecule has 2 aromatic carbocycles. The Morgan fingerprint density at radius 3 is 2.47 bits per heavy atom. The van der Waals surface area contributed by atoms with Gasteiger partial charge in [-0.2, -0.15) is 0 Å². The fourth-order valence-electron chi connectivity index (χ4n) is 3.50. The summed E-state index contributed by atoms with van der Waals surface area (Å²) in [5.41, 5.74) is -0.620. The predicted octanol–water partition coefficient (Wildman–Crippen LogP) is 2.66. The van der Waals surface area contributed by atoms with Crippen molar-refractivity contribution in [2.24, 2.45) is 0 Å². The normalized spacial score (nSPS) is 16.0. The minimum absolute atomic E-state index is 0.0645. The third-order valence-electron chi connectivity index (χ3n) is 5.09. The van der Waals surface area contributed by atoms with Crippen LogP contribution in [0.5, 0.6) is 0 Å². The first-order chi connectivity index (χ1) is 14.2. The summed E-state index contributed by atoms with van der Waals surface area (Å²) in [4.78, 5) is 35.8. The summed E-state index contributed by atoms with van der Waals surface area (Å²) in [6, 6.07) is 5.85. The molecule has 1 saturated heterocycles. The molecule has 1 heterocycles. The molecule has 1 aliphatic heterocycles. The monoisotopic (exact) mass is 418 g/mol. The maximum absolute atomic E-state index is 13.1. The summed E-state index contributed by atoms with van der Waals surface area (Å²) in [7, 11) is 0. The number of nitro benzene ring substituents is 2. The van der Waals surface area contributed by atoms with Gasteiger partial charge in [-0.05, 0) is 36.6 Å². The molecule has 1 amide bonds. The van der Waals surface area contributed by atoms with Crippen LogP contribution in [0.3, 0.4) is 0 Å². The van der Waals surface area contributed by atoms with E-state index in [4.69, 9.17) is 0 Å². The fraction of sp³-hybridized carbons (Fsp3) is 0.316. The molecule has 1 fully saturated rings. The number of aliphatic hydroxyl groups excluding tert-OH is 1. The van der Waals surface area contributed by atoms with Crippen molar-refractivity contribution in [1.82, 2.24) is 4.90 Å². The first kappa shape index (κ1) is 21.1. The number of carbonyl (C=O) groups is 1. The molecular formula is C19H19FN4O6. The molecule has 10 nitrogen and oxygen atoms in total. The van der Waals surface area contributed by atoms with E-state index in [9.17, 15) is 34.5 Å². The van der Waals surface area contributed by atoms with E-state index in [-0.39, 0.29) is 35.7 Å². The molecule has 3 rings (SSSR count). The zero-order valence-corrected chi connectivity index (χ0v) is 16.0. The highest BCUT2D eigenvalue weighted by Crippen LogP contribution is 2.40. The van der Waals surface area contributed by atoms with Crippen LogP contribution in [0.25, 0.3) is 0 Å². The van der Waals surface area contributed by atoms with Gasteiger partial charge in [0.05, 0.1) is 16.5 Å². The van der Waals surface area contributed by atoms with Crippen LogP contribution < -0.4 is 5.32 Å². The number of amides is 1. The number of nitrogens with one attached hydrogen (secondary N) is 1. The lowest BCUT2D eigenvalue weighted by molar-refractivity contribution is -0.392. The number of anilines is 1. The number of nitrogens with zero attached hydrogens (tertiary/aromatic N) is 3. The molecule has 0 radical (unpaired) electrons. The minimum atomic E-state index is -0.887. The Morgan fingerprint density at radius 2 is 1.90 bits per heavy atom. The number of nitro groups is 2. The highest BCUT2D eigenvalue weighted by atomic mass is 19.1. The molecule has 0 aliphatic carbocycles. The van der Waals surface area contributed by atoms with Crippen LogP contribution in [0.15, 0.2) is 30.3 Å². The quantitative estimate of drug-likeness (QED) is 0.520. The molecule has 0 saturated carbocycles. The Labute approximate surface area is 170 Å². The third-order valence-corrected chi connectivity index (χ3v) is 5.09. The summed E-state index contributed by atoms with van der Waals surface area (Å²) < 4.78 is 13.1. The van der Waals surface area contributed by atoms with Gasteiger partial charge in [-0.15, -0.1) is 0 Å². The van der Waals surface area contributed by atoms with Crippen molar-refractivity contribution in [1.29, 1.82) is 0 Å². The molecule has 11 heteroatoms. The Kier molecular flexibility index (Phi) is 5.92. The Balaban J connectivity index is 1.89. The number of rotatable bonds is 7. The highest BCUT2D eigenvalue weighted by molar-refractivity contribution is 5.89. The molecule has 0 spiro atoms. The van der Waals surface area contributed by atoms with E-state index in [0.29, 0.717) is 12.1 Å². The standard InChI is InChI=1S/C19H19FN4O6/c1-11-13(10-25)8-16(23(27)28)17(18(11)24(29)30)21-15-6-7-22(19(15)26)9-12-2-4-14(20)5-3-12/h2-5,8,15,21,25H,6-7,9-10H2,1H3. The number of carbonyl (C=O) groups excluding carboxylic acids is 1. The van der Waals surface area contributed by atoms with E-state index in [0.717, 1.165) is 6.07 Å². The zero-order valence-electron chi connectivity index (χ0n) is 16.0. The van der Waals surface area contributed by atoms with Gasteiger partial charge >= 0.3 is 5.69 Å². The number of benzene rings is 2. The first-order valence-electron chi connectivity index (χ1n) is 9.08. The second kappa shape index (κ2) is 8.41. The van der Waals surface area contributed by atoms with Crippen molar-refractivity contribution in [3.05, 3.63) is 73.1 Å². The minimum Gasteiger partial charge on any atom is -0.392 e. The molecule has 1 atom stereocenters. The van der Waals surface area contributed by atoms with Crippen LogP contribution in [0.1, 0.15) is 23.1 Å². The van der Waals surface area contributed by atoms with Crippen molar-refractivity contribution < 1.29 is 24.1 Å². The molecule has 158 valence electrons. The predicted molar refractivity (Wildman–Crippen MR) is 104 cm³/mol. The highest BCUT2D eigenvalue weighted by Gasteiger charge is 2.37. The number of likely N-dealkylation sites (tertiary alicyclic amines) is 1. The van der Waals surface area contributed by atoms with Gasteiger partial charge in [0.2, 0.25) is 5.91 Å². The Morgan fingerprint density at radius 1 is 1.23 bits per heavy atom. The lowest BCUT2D eigenvalue weighted by Crippen LogP contribution is -2.33. The number of aliphatic hydroxyl groups is 1. The molecule has 1 aliphatic rings. The van der Waals surface area contributed by atoms with Crippen molar-refractivity contribution in [3.8, 4) is 0 Å². The second-order valence-corrected chi connectivity index (χ2v) is 6.95. The lowest BCUT2D eigenvalue weighted by atomic mass is 10.0. The van der Waals surface area contributed by atoms with Crippen molar-refractivity contribution in [3.63, 3.8) is 0 Å². The summed E-state index contributed by atoms with van der Waals surface area (Å²) in [5.74, 6) is -0.765. The molecule has 0 aromatic heterocycles. The average molecular weight is 418 g/mol. The third kappa shape index (κ3) is 4.06. The molecule has 2 aromatic rings. The lowest BCUT2D eigenvalue weighted by Gasteiger charge is -2.18. The van der Waals surface area contributed by atoms with Crippen LogP contribution in [0.2, 0.25) is 0 Å². The van der Waals surface area contributed by atoms with E-state index in [2.05, 4.69) is 5.32 Å². The summed E-state index contributed by atoms with van der Waals surface area (Å²) >= 11 is 0. The summed E-state index contributed by atoms with van der Waals surface area (Å²) in [6.07, 6.45) is 0.287. The van der Waals surface area contributed by atoms with Crippen LogP contribution >= 0.6 is 0 Å². The van der Waals surface area contributed by atoms with Gasteiger partial charge < -0.3 is 15.3 Å². The van der Waals surface area contributed by atoms with Crippen LogP contribution in [-0.4, -0.2) is 38.3 Å². The van der Waals surface area contributed by atoms with E-state index >= 15 is 0 Å². The van der Waals surface area contributed by atoms with Crippen molar-refractivity contribution in [2.75, 3.05) is 11.9 Å². The maximum atomic E-state index is 13.1. The zero-order chi connectivity index (χ0) is 22.0. The Bertz CT molecular complexity index is 1010. The Hall–Kier alpha value is -3.60. The topological polar surface area (TPSA) is 139 Å². The van der Waals surface area contributed by atoms with E-state index in [1.165, 1.54) is 24.0 Å². The maximum Gasteiger partial charge on any atom is 0.302 e. The number of halogens is 1. The van der Waals surface area contributed by atoms with Gasteiger partial charge in [0, 0.05) is 24.7 Å². The second-order valence-electron chi connectivity index (χ2n) is 6.95. The molecule has 1 unspecified atom stereocenters. The van der Waals surface area contributed by atoms with Gasteiger partial charge in [-0.3, -0.25) is 25.0 Å². The van der Waals surface area contributed by atoms with E-state index < -0.39 is 39.7 Å². The summed E-state index contributed by atoms with van der Waals surface area (Å²) in [6.45, 7) is 1.35. The molecule has 0 bridgehead atoms. The van der Waals surface area contributed by atoms with Crippen molar-refractivity contribution >= 4 is 23.0 Å². The molecule has 30 heavy (non-hydrogen) atoms. The largest absolute Gasteiger partial charge is 0.392 e. The van der Waals surface area contributed by atoms with Crippen LogP contribution in [0.4, 0.5) is 21.5 Å². The molecular weight excluding hydrogens is 399 g/mol. The van der Waals surface area contributed by atoms with Crippen LogP contribution in [0, 0.1) is 33.0 Å². The fourth-order valence-corrected chi connectivity index (χ4v) is 3.50. The van der Waals surface area contributed by atoms with Crippen LogP contribution in [-0.2, 0) is 17.9 Å². The van der Waals surface area contributed by atoms with Gasteiger partial charge in [-0.1, -0.05) is 12.1 Å². The van der Waals surface area contributed by atoms with Gasteiger partial charge in [-0.25, -0.2) is 4.39 Å². The van der Waals surface area contributed by atoms with Gasteiger partial charge in [0.25, 0.3) is 5.69 Å². The van der Waals surface area contributed by atoms with Gasteiger partial charge in [0.1, 0.15) is 11.9 Å². The molecule has 2 N–H and O–H groups in total. The number of hydrogen-bond donors (Lipinski definition) is 2. The van der Waals surface area contributed by atoms with Crippen molar-refractivity contribution in [2.45, 2.75) is 32.5 Å². The summed E-state index contributed by atoms with van der Waals surface area (Å²) in [5, 5.41) is 35.2. The number of hydrogen-bond acceptors (Lipinski definition) is 7. The van der Waals surface area contributed by atoms with Gasteiger partial charge in [0.15, 0.2) is 5.69 Å². The smallest absolute Gasteiger partial charge is 0.302 e. The average Bonchev–Trinajstić information content (AvgIpc) is 3.03.